The summed E-state index contributed by atoms with van der Waals surface area (Å²) >= 11 is 5.79. The Morgan fingerprint density at radius 2 is 1.90 bits per heavy atom. The highest BCUT2D eigenvalue weighted by atomic mass is 35.5. The predicted octanol–water partition coefficient (Wildman–Crippen LogP) is 3.67. The SMILES string of the molecule is CC(Cl)CCN(C)C(=O)c1ccc(OC(F)(F)F)cc1. The third-order valence-corrected chi connectivity index (χ3v) is 2.76. The van der Waals surface area contributed by atoms with Gasteiger partial charge in [-0.25, -0.2) is 0 Å². The summed E-state index contributed by atoms with van der Waals surface area (Å²) in [6.07, 6.45) is -4.10. The van der Waals surface area contributed by atoms with Crippen molar-refractivity contribution in [1.82, 2.24) is 4.90 Å². The first-order chi connectivity index (χ1) is 9.19. The van der Waals surface area contributed by atoms with E-state index in [1.807, 2.05) is 6.92 Å². The van der Waals surface area contributed by atoms with Crippen molar-refractivity contribution in [3.63, 3.8) is 0 Å². The van der Waals surface area contributed by atoms with Gasteiger partial charge in [-0.3, -0.25) is 4.79 Å². The highest BCUT2D eigenvalue weighted by molar-refractivity contribution is 6.20. The van der Waals surface area contributed by atoms with Gasteiger partial charge in [-0.1, -0.05) is 0 Å². The second kappa shape index (κ2) is 6.83. The number of alkyl halides is 4. The van der Waals surface area contributed by atoms with Crippen LogP contribution in [-0.4, -0.2) is 36.1 Å². The fourth-order valence-corrected chi connectivity index (χ4v) is 1.59. The largest absolute Gasteiger partial charge is 0.573 e. The topological polar surface area (TPSA) is 29.5 Å². The minimum absolute atomic E-state index is 0.0483. The average Bonchev–Trinajstić information content (AvgIpc) is 2.34. The maximum Gasteiger partial charge on any atom is 0.573 e. The smallest absolute Gasteiger partial charge is 0.406 e. The van der Waals surface area contributed by atoms with E-state index in [0.717, 1.165) is 12.1 Å². The van der Waals surface area contributed by atoms with Gasteiger partial charge in [-0.05, 0) is 37.6 Å². The molecular formula is C13H15ClF3NO2. The zero-order valence-electron chi connectivity index (χ0n) is 11.1. The summed E-state index contributed by atoms with van der Waals surface area (Å²) in [6.45, 7) is 2.30. The molecule has 0 heterocycles. The molecule has 0 saturated carbocycles. The molecule has 0 N–H and O–H groups in total. The molecular weight excluding hydrogens is 295 g/mol. The standard InChI is InChI=1S/C13H15ClF3NO2/c1-9(14)7-8-18(2)12(19)10-3-5-11(6-4-10)20-13(15,16)17/h3-6,9H,7-8H2,1-2H3. The lowest BCUT2D eigenvalue weighted by atomic mass is 10.2. The van der Waals surface area contributed by atoms with E-state index in [2.05, 4.69) is 4.74 Å². The summed E-state index contributed by atoms with van der Waals surface area (Å²) in [6, 6.07) is 4.81. The molecule has 0 aromatic heterocycles. The van der Waals surface area contributed by atoms with Crippen LogP contribution in [0.4, 0.5) is 13.2 Å². The summed E-state index contributed by atoms with van der Waals surface area (Å²) in [5.74, 6) is -0.632. The first-order valence-electron chi connectivity index (χ1n) is 5.94. The van der Waals surface area contributed by atoms with Gasteiger partial charge in [0.1, 0.15) is 5.75 Å². The van der Waals surface area contributed by atoms with Gasteiger partial charge < -0.3 is 9.64 Å². The number of amides is 1. The Kier molecular flexibility index (Phi) is 5.68. The molecule has 0 aliphatic heterocycles. The minimum atomic E-state index is -4.74. The molecule has 1 amide bonds. The fourth-order valence-electron chi connectivity index (χ4n) is 1.49. The van der Waals surface area contributed by atoms with Gasteiger partial charge >= 0.3 is 6.36 Å². The van der Waals surface area contributed by atoms with Crippen LogP contribution in [0.5, 0.6) is 5.75 Å². The first-order valence-corrected chi connectivity index (χ1v) is 6.38. The Labute approximate surface area is 120 Å². The maximum absolute atomic E-state index is 12.0. The van der Waals surface area contributed by atoms with Gasteiger partial charge in [0.15, 0.2) is 0 Å². The van der Waals surface area contributed by atoms with E-state index >= 15 is 0 Å². The third-order valence-electron chi connectivity index (χ3n) is 2.54. The molecule has 1 atom stereocenters. The van der Waals surface area contributed by atoms with Crippen molar-refractivity contribution in [2.45, 2.75) is 25.1 Å². The number of benzene rings is 1. The molecule has 0 bridgehead atoms. The van der Waals surface area contributed by atoms with Gasteiger partial charge in [0.25, 0.3) is 5.91 Å². The maximum atomic E-state index is 12.0. The zero-order chi connectivity index (χ0) is 15.3. The van der Waals surface area contributed by atoms with E-state index in [1.54, 1.807) is 7.05 Å². The molecule has 1 unspecified atom stereocenters. The van der Waals surface area contributed by atoms with Gasteiger partial charge in [0.05, 0.1) is 0 Å². The Morgan fingerprint density at radius 1 is 1.35 bits per heavy atom. The molecule has 1 aromatic rings. The van der Waals surface area contributed by atoms with E-state index in [9.17, 15) is 18.0 Å². The Balaban J connectivity index is 2.65. The van der Waals surface area contributed by atoms with Crippen LogP contribution in [-0.2, 0) is 0 Å². The second-order valence-corrected chi connectivity index (χ2v) is 5.11. The Hall–Kier alpha value is -1.43. The van der Waals surface area contributed by atoms with Crippen molar-refractivity contribution in [3.8, 4) is 5.75 Å². The van der Waals surface area contributed by atoms with E-state index in [-0.39, 0.29) is 17.0 Å². The Morgan fingerprint density at radius 3 is 2.35 bits per heavy atom. The molecule has 0 aliphatic rings. The van der Waals surface area contributed by atoms with Crippen LogP contribution in [0.3, 0.4) is 0 Å². The van der Waals surface area contributed by atoms with Crippen molar-refractivity contribution >= 4 is 17.5 Å². The monoisotopic (exact) mass is 309 g/mol. The van der Waals surface area contributed by atoms with Crippen LogP contribution < -0.4 is 4.74 Å². The van der Waals surface area contributed by atoms with E-state index in [0.29, 0.717) is 18.5 Å². The van der Waals surface area contributed by atoms with Gasteiger partial charge in [-0.15, -0.1) is 24.8 Å². The number of halogens is 4. The van der Waals surface area contributed by atoms with E-state index < -0.39 is 6.36 Å². The highest BCUT2D eigenvalue weighted by Gasteiger charge is 2.31. The van der Waals surface area contributed by atoms with Crippen LogP contribution in [0.25, 0.3) is 0 Å². The molecule has 3 nitrogen and oxygen atoms in total. The minimum Gasteiger partial charge on any atom is -0.406 e. The molecule has 20 heavy (non-hydrogen) atoms. The van der Waals surface area contributed by atoms with Crippen LogP contribution in [0, 0.1) is 0 Å². The first kappa shape index (κ1) is 16.6. The lowest BCUT2D eigenvalue weighted by molar-refractivity contribution is -0.274. The summed E-state index contributed by atoms with van der Waals surface area (Å²) in [7, 11) is 1.61. The normalized spacial score (nSPS) is 12.9. The van der Waals surface area contributed by atoms with Crippen molar-refractivity contribution in [2.75, 3.05) is 13.6 Å². The van der Waals surface area contributed by atoms with Crippen molar-refractivity contribution in [3.05, 3.63) is 29.8 Å². The highest BCUT2D eigenvalue weighted by Crippen LogP contribution is 2.23. The lowest BCUT2D eigenvalue weighted by Crippen LogP contribution is -2.28. The number of hydrogen-bond donors (Lipinski definition) is 0. The quantitative estimate of drug-likeness (QED) is 0.777. The molecule has 0 spiro atoms. The molecule has 7 heteroatoms. The number of ether oxygens (including phenoxy) is 1. The van der Waals surface area contributed by atoms with Crippen molar-refractivity contribution in [2.24, 2.45) is 0 Å². The number of carbonyl (C=O) groups excluding carboxylic acids is 1. The number of nitrogens with zero attached hydrogens (tertiary/aromatic N) is 1. The van der Waals surface area contributed by atoms with Crippen LogP contribution >= 0.6 is 11.6 Å². The van der Waals surface area contributed by atoms with Crippen LogP contribution in [0.1, 0.15) is 23.7 Å². The lowest BCUT2D eigenvalue weighted by Gasteiger charge is -2.18. The second-order valence-electron chi connectivity index (χ2n) is 4.37. The molecule has 0 aliphatic carbocycles. The third kappa shape index (κ3) is 5.69. The summed E-state index contributed by atoms with van der Waals surface area (Å²) in [4.78, 5) is 13.4. The predicted molar refractivity (Wildman–Crippen MR) is 70.0 cm³/mol. The van der Waals surface area contributed by atoms with Crippen molar-refractivity contribution in [1.29, 1.82) is 0 Å². The Bertz CT molecular complexity index is 446. The van der Waals surface area contributed by atoms with Gasteiger partial charge in [-0.2, -0.15) is 0 Å². The van der Waals surface area contributed by atoms with Gasteiger partial charge in [0, 0.05) is 24.5 Å². The molecule has 1 aromatic carbocycles. The molecule has 0 saturated heterocycles. The van der Waals surface area contributed by atoms with Gasteiger partial charge in [0.2, 0.25) is 0 Å². The fraction of sp³-hybridized carbons (Fsp3) is 0.462. The molecule has 112 valence electrons. The summed E-state index contributed by atoms with van der Waals surface area (Å²) in [5.41, 5.74) is 0.296. The number of rotatable bonds is 5. The molecule has 1 rings (SSSR count). The van der Waals surface area contributed by atoms with E-state index in [1.165, 1.54) is 17.0 Å². The van der Waals surface area contributed by atoms with Crippen LogP contribution in [0.2, 0.25) is 0 Å². The van der Waals surface area contributed by atoms with Crippen molar-refractivity contribution < 1.29 is 22.7 Å². The van der Waals surface area contributed by atoms with Crippen LogP contribution in [0.15, 0.2) is 24.3 Å². The summed E-state index contributed by atoms with van der Waals surface area (Å²) < 4.78 is 39.7. The average molecular weight is 310 g/mol. The summed E-state index contributed by atoms with van der Waals surface area (Å²) in [5, 5.41) is -0.0483. The molecule has 0 fully saturated rings. The number of hydrogen-bond acceptors (Lipinski definition) is 2. The van der Waals surface area contributed by atoms with E-state index in [4.69, 9.17) is 11.6 Å². The molecule has 0 radical (unpaired) electrons. The number of carbonyl (C=O) groups is 1. The zero-order valence-corrected chi connectivity index (χ0v) is 11.8.